The summed E-state index contributed by atoms with van der Waals surface area (Å²) >= 11 is 0. The number of nitrogens with one attached hydrogen (secondary N) is 4. The fourth-order valence-corrected chi connectivity index (χ4v) is 2.20. The van der Waals surface area contributed by atoms with Gasteiger partial charge >= 0.3 is 5.97 Å². The molecule has 3 atom stereocenters. The summed E-state index contributed by atoms with van der Waals surface area (Å²) in [4.78, 5) is 64.6. The van der Waals surface area contributed by atoms with Gasteiger partial charge in [0.15, 0.2) is 0 Å². The van der Waals surface area contributed by atoms with Crippen LogP contribution in [-0.4, -0.2) is 69.3 Å². The molecule has 9 N–H and O–H groups in total. The molecule has 3 unspecified atom stereocenters. The van der Waals surface area contributed by atoms with E-state index in [2.05, 4.69) is 25.9 Å². The maximum atomic E-state index is 12.3. The Balaban J connectivity index is 2.63. The van der Waals surface area contributed by atoms with Crippen molar-refractivity contribution in [2.75, 3.05) is 6.54 Å². The molecule has 0 aliphatic heterocycles. The van der Waals surface area contributed by atoms with Crippen LogP contribution in [0, 0.1) is 0 Å². The van der Waals surface area contributed by atoms with Crippen molar-refractivity contribution in [2.45, 2.75) is 44.3 Å². The van der Waals surface area contributed by atoms with Gasteiger partial charge in [0.05, 0.1) is 18.9 Å². The lowest BCUT2D eigenvalue weighted by Crippen LogP contribution is -2.53. The van der Waals surface area contributed by atoms with Gasteiger partial charge in [-0.1, -0.05) is 0 Å². The van der Waals surface area contributed by atoms with Crippen LogP contribution in [0.4, 0.5) is 0 Å². The van der Waals surface area contributed by atoms with E-state index in [9.17, 15) is 24.0 Å². The number of aromatic amines is 1. The molecule has 29 heavy (non-hydrogen) atoms. The van der Waals surface area contributed by atoms with Crippen molar-refractivity contribution in [3.8, 4) is 0 Å². The number of primary amides is 1. The van der Waals surface area contributed by atoms with Crippen molar-refractivity contribution < 1.29 is 29.1 Å². The van der Waals surface area contributed by atoms with Crippen LogP contribution < -0.4 is 27.4 Å². The summed E-state index contributed by atoms with van der Waals surface area (Å²) in [5, 5.41) is 15.6. The number of carboxylic acids is 1. The molecular weight excluding hydrogens is 386 g/mol. The number of nitrogens with two attached hydrogens (primary N) is 2. The van der Waals surface area contributed by atoms with E-state index in [1.807, 2.05) is 0 Å². The summed E-state index contributed by atoms with van der Waals surface area (Å²) in [7, 11) is 0. The predicted molar refractivity (Wildman–Crippen MR) is 98.9 cm³/mol. The summed E-state index contributed by atoms with van der Waals surface area (Å²) in [6.45, 7) is 0.749. The average molecular weight is 411 g/mol. The van der Waals surface area contributed by atoms with Gasteiger partial charge in [0.1, 0.15) is 12.1 Å². The maximum absolute atomic E-state index is 12.3. The number of nitrogens with zero attached hydrogens (tertiary/aromatic N) is 1. The molecule has 4 amide bonds. The Bertz CT molecular complexity index is 736. The monoisotopic (exact) mass is 411 g/mol. The van der Waals surface area contributed by atoms with Gasteiger partial charge in [-0.2, -0.15) is 0 Å². The third-order valence-corrected chi connectivity index (χ3v) is 3.81. The molecule has 160 valence electrons. The number of aliphatic carboxylic acids is 1. The molecule has 0 radical (unpaired) electrons. The molecule has 0 spiro atoms. The Kier molecular flexibility index (Phi) is 9.25. The number of hydrogen-bond acceptors (Lipinski definition) is 7. The van der Waals surface area contributed by atoms with Gasteiger partial charge in [-0.3, -0.25) is 24.0 Å². The lowest BCUT2D eigenvalue weighted by molar-refractivity contribution is -0.141. The van der Waals surface area contributed by atoms with E-state index in [4.69, 9.17) is 16.6 Å². The third kappa shape index (κ3) is 8.83. The first-order valence-corrected chi connectivity index (χ1v) is 8.71. The van der Waals surface area contributed by atoms with Crippen molar-refractivity contribution in [3.05, 3.63) is 18.2 Å². The Morgan fingerprint density at radius 3 is 2.45 bits per heavy atom. The number of H-pyrrole nitrogens is 1. The molecule has 1 aromatic rings. The number of imidazole rings is 1. The minimum absolute atomic E-state index is 0.100. The van der Waals surface area contributed by atoms with Gasteiger partial charge in [0.2, 0.25) is 23.6 Å². The van der Waals surface area contributed by atoms with Crippen molar-refractivity contribution in [1.82, 2.24) is 25.9 Å². The Morgan fingerprint density at radius 1 is 1.21 bits per heavy atom. The fourth-order valence-electron chi connectivity index (χ4n) is 2.20. The summed E-state index contributed by atoms with van der Waals surface area (Å²) < 4.78 is 0. The van der Waals surface area contributed by atoms with Gasteiger partial charge < -0.3 is 37.5 Å². The van der Waals surface area contributed by atoms with Crippen LogP contribution in [0.5, 0.6) is 0 Å². The zero-order valence-corrected chi connectivity index (χ0v) is 15.8. The van der Waals surface area contributed by atoms with E-state index in [0.29, 0.717) is 5.69 Å². The minimum atomic E-state index is -1.23. The highest BCUT2D eigenvalue weighted by Gasteiger charge is 2.25. The highest BCUT2D eigenvalue weighted by atomic mass is 16.4. The molecule has 1 aromatic heterocycles. The number of hydrogen-bond donors (Lipinski definition) is 7. The lowest BCUT2D eigenvalue weighted by atomic mass is 10.1. The molecule has 1 heterocycles. The van der Waals surface area contributed by atoms with Crippen molar-refractivity contribution in [1.29, 1.82) is 0 Å². The smallest absolute Gasteiger partial charge is 0.325 e. The number of amides is 4. The highest BCUT2D eigenvalue weighted by molar-refractivity contribution is 5.92. The van der Waals surface area contributed by atoms with Gasteiger partial charge in [-0.25, -0.2) is 4.98 Å². The molecule has 1 rings (SSSR count). The number of carbonyl (C=O) groups is 5. The van der Waals surface area contributed by atoms with Crippen LogP contribution in [0.15, 0.2) is 12.5 Å². The van der Waals surface area contributed by atoms with E-state index in [-0.39, 0.29) is 19.3 Å². The summed E-state index contributed by atoms with van der Waals surface area (Å²) in [5.74, 6) is -4.03. The fraction of sp³-hybridized carbons (Fsp3) is 0.500. The number of rotatable bonds is 12. The third-order valence-electron chi connectivity index (χ3n) is 3.81. The molecule has 13 heteroatoms. The number of aromatic nitrogens is 2. The largest absolute Gasteiger partial charge is 0.480 e. The van der Waals surface area contributed by atoms with Gasteiger partial charge in [-0.15, -0.1) is 0 Å². The van der Waals surface area contributed by atoms with Gasteiger partial charge in [0.25, 0.3) is 0 Å². The standard InChI is InChI=1S/C16H25N7O6/c1-8(16(28)29)22-13(25)6-20-15(27)11(2-3-12(18)24)23-14(26)10(17)4-9-5-19-7-21-9/h5,7-8,10-11H,2-4,6,17H2,1H3,(H2,18,24)(H,19,21)(H,20,27)(H,22,25)(H,23,26)(H,28,29). The van der Waals surface area contributed by atoms with Crippen LogP contribution >= 0.6 is 0 Å². The SMILES string of the molecule is CC(NC(=O)CNC(=O)C(CCC(N)=O)NC(=O)C(N)Cc1cnc[nH]1)C(=O)O. The number of carboxylic acid groups (broad SMARTS) is 1. The molecule has 0 aliphatic carbocycles. The van der Waals surface area contributed by atoms with E-state index in [1.54, 1.807) is 0 Å². The molecule has 13 nitrogen and oxygen atoms in total. The summed E-state index contributed by atoms with van der Waals surface area (Å²) in [5.41, 5.74) is 11.5. The first-order valence-electron chi connectivity index (χ1n) is 8.71. The topological polar surface area (TPSA) is 222 Å². The molecule has 0 saturated carbocycles. The van der Waals surface area contributed by atoms with Crippen LogP contribution in [-0.2, 0) is 30.4 Å². The van der Waals surface area contributed by atoms with E-state index >= 15 is 0 Å². The first kappa shape index (κ1) is 23.6. The summed E-state index contributed by atoms with van der Waals surface area (Å²) in [6.07, 6.45) is 2.79. The van der Waals surface area contributed by atoms with Crippen LogP contribution in [0.3, 0.4) is 0 Å². The second-order valence-electron chi connectivity index (χ2n) is 6.30. The first-order chi connectivity index (χ1) is 13.6. The Morgan fingerprint density at radius 2 is 1.90 bits per heavy atom. The molecular formula is C16H25N7O6. The van der Waals surface area contributed by atoms with E-state index in [1.165, 1.54) is 19.4 Å². The average Bonchev–Trinajstić information content (AvgIpc) is 3.15. The maximum Gasteiger partial charge on any atom is 0.325 e. The molecule has 0 saturated heterocycles. The second-order valence-corrected chi connectivity index (χ2v) is 6.30. The Hall–Kier alpha value is -3.48. The predicted octanol–water partition coefficient (Wildman–Crippen LogP) is -3.26. The van der Waals surface area contributed by atoms with Crippen molar-refractivity contribution >= 4 is 29.6 Å². The van der Waals surface area contributed by atoms with Crippen LogP contribution in [0.1, 0.15) is 25.5 Å². The van der Waals surface area contributed by atoms with Gasteiger partial charge in [0, 0.05) is 24.7 Å². The highest BCUT2D eigenvalue weighted by Crippen LogP contribution is 2.01. The summed E-state index contributed by atoms with van der Waals surface area (Å²) in [6, 6.07) is -3.28. The molecule has 0 aromatic carbocycles. The van der Waals surface area contributed by atoms with E-state index < -0.39 is 54.3 Å². The van der Waals surface area contributed by atoms with Crippen molar-refractivity contribution in [3.63, 3.8) is 0 Å². The Labute approximate surface area is 166 Å². The normalized spacial score (nSPS) is 13.6. The van der Waals surface area contributed by atoms with Crippen molar-refractivity contribution in [2.24, 2.45) is 11.5 Å². The zero-order valence-electron chi connectivity index (χ0n) is 15.8. The second kappa shape index (κ2) is 11.4. The number of carbonyl (C=O) groups excluding carboxylic acids is 4. The molecule has 0 aliphatic rings. The lowest BCUT2D eigenvalue weighted by Gasteiger charge is -2.20. The quantitative estimate of drug-likeness (QED) is 0.184. The molecule has 0 bridgehead atoms. The van der Waals surface area contributed by atoms with Crippen LogP contribution in [0.2, 0.25) is 0 Å². The van der Waals surface area contributed by atoms with Gasteiger partial charge in [-0.05, 0) is 13.3 Å². The minimum Gasteiger partial charge on any atom is -0.480 e. The molecule has 0 fully saturated rings. The zero-order chi connectivity index (χ0) is 22.0. The van der Waals surface area contributed by atoms with Crippen LogP contribution in [0.25, 0.3) is 0 Å². The van der Waals surface area contributed by atoms with E-state index in [0.717, 1.165) is 0 Å².